The minimum Gasteiger partial charge on any atom is -0.315 e. The summed E-state index contributed by atoms with van der Waals surface area (Å²) in [6.45, 7) is 9.48. The molecule has 116 valence electrons. The Morgan fingerprint density at radius 3 is 2.75 bits per heavy atom. The molecule has 5 nitrogen and oxygen atoms in total. The molecule has 0 fully saturated rings. The first-order valence-electron chi connectivity index (χ1n) is 7.83. The highest BCUT2D eigenvalue weighted by molar-refractivity contribution is 7.99. The van der Waals surface area contributed by atoms with E-state index < -0.39 is 0 Å². The van der Waals surface area contributed by atoms with Crippen LogP contribution in [0.4, 0.5) is 0 Å². The fraction of sp³-hybridized carbons (Fsp3) is 0.929. The molecule has 0 bridgehead atoms. The largest absolute Gasteiger partial charge is 0.315 e. The number of nitrogens with one attached hydrogen (secondary N) is 1. The third kappa shape index (κ3) is 7.85. The molecular weight excluding hydrogens is 270 g/mol. The van der Waals surface area contributed by atoms with E-state index in [4.69, 9.17) is 0 Å². The number of aromatic nitrogens is 4. The first-order chi connectivity index (χ1) is 9.74. The number of rotatable bonds is 12. The average molecular weight is 299 g/mol. The van der Waals surface area contributed by atoms with E-state index in [1.807, 2.05) is 4.68 Å². The Balaban J connectivity index is 2.14. The second-order valence-corrected chi connectivity index (χ2v) is 6.61. The molecule has 6 heteroatoms. The Kier molecular flexibility index (Phi) is 9.66. The van der Waals surface area contributed by atoms with Gasteiger partial charge in [0.15, 0.2) is 0 Å². The van der Waals surface area contributed by atoms with Gasteiger partial charge in [-0.3, -0.25) is 0 Å². The summed E-state index contributed by atoms with van der Waals surface area (Å²) in [5.41, 5.74) is 0. The van der Waals surface area contributed by atoms with Crippen LogP contribution in [0.15, 0.2) is 5.16 Å². The number of nitrogens with zero attached hydrogens (tertiary/aromatic N) is 4. The molecule has 0 amide bonds. The van der Waals surface area contributed by atoms with Gasteiger partial charge < -0.3 is 5.32 Å². The maximum atomic E-state index is 4.10. The Labute approximate surface area is 127 Å². The summed E-state index contributed by atoms with van der Waals surface area (Å²) in [5.74, 6) is 1.80. The van der Waals surface area contributed by atoms with Crippen molar-refractivity contribution in [3.05, 3.63) is 0 Å². The van der Waals surface area contributed by atoms with E-state index in [1.54, 1.807) is 11.8 Å². The van der Waals surface area contributed by atoms with Gasteiger partial charge in [-0.15, -0.1) is 5.10 Å². The number of tetrazole rings is 1. The number of thioether (sulfide) groups is 1. The Hall–Kier alpha value is -0.620. The molecule has 1 rings (SSSR count). The fourth-order valence-electron chi connectivity index (χ4n) is 1.88. The van der Waals surface area contributed by atoms with Crippen LogP contribution in [0.3, 0.4) is 0 Å². The quantitative estimate of drug-likeness (QED) is 0.475. The summed E-state index contributed by atoms with van der Waals surface area (Å²) < 4.78 is 1.91. The zero-order valence-corrected chi connectivity index (χ0v) is 14.0. The van der Waals surface area contributed by atoms with E-state index in [-0.39, 0.29) is 0 Å². The fourth-order valence-corrected chi connectivity index (χ4v) is 2.79. The summed E-state index contributed by atoms with van der Waals surface area (Å²) in [6.07, 6.45) is 6.57. The Morgan fingerprint density at radius 1 is 1.20 bits per heavy atom. The van der Waals surface area contributed by atoms with Crippen LogP contribution in [0, 0.1) is 5.92 Å². The highest BCUT2D eigenvalue weighted by Gasteiger charge is 2.06. The SMILES string of the molecule is CCCCCCCSc1nnnn1CCNCC(C)C. The van der Waals surface area contributed by atoms with Crippen molar-refractivity contribution in [2.45, 2.75) is 64.6 Å². The van der Waals surface area contributed by atoms with Crippen LogP contribution in [-0.2, 0) is 6.54 Å². The lowest BCUT2D eigenvalue weighted by atomic mass is 10.2. The van der Waals surface area contributed by atoms with Gasteiger partial charge in [-0.2, -0.15) is 0 Å². The Morgan fingerprint density at radius 2 is 2.00 bits per heavy atom. The smallest absolute Gasteiger partial charge is 0.209 e. The van der Waals surface area contributed by atoms with Crippen molar-refractivity contribution in [2.24, 2.45) is 5.92 Å². The van der Waals surface area contributed by atoms with Gasteiger partial charge in [0, 0.05) is 12.3 Å². The highest BCUT2D eigenvalue weighted by Crippen LogP contribution is 2.16. The van der Waals surface area contributed by atoms with Crippen LogP contribution in [0.1, 0.15) is 52.9 Å². The lowest BCUT2D eigenvalue weighted by Gasteiger charge is -2.08. The molecule has 1 aromatic rings. The summed E-state index contributed by atoms with van der Waals surface area (Å²) in [7, 11) is 0. The molecule has 0 aliphatic heterocycles. The number of hydrogen-bond acceptors (Lipinski definition) is 5. The molecule has 0 saturated heterocycles. The molecule has 0 saturated carbocycles. The van der Waals surface area contributed by atoms with Gasteiger partial charge in [-0.1, -0.05) is 58.2 Å². The molecule has 0 atom stereocenters. The molecule has 0 aliphatic carbocycles. The van der Waals surface area contributed by atoms with Crippen molar-refractivity contribution in [1.29, 1.82) is 0 Å². The lowest BCUT2D eigenvalue weighted by molar-refractivity contribution is 0.482. The molecule has 0 spiro atoms. The lowest BCUT2D eigenvalue weighted by Crippen LogP contribution is -2.24. The molecule has 0 aromatic carbocycles. The highest BCUT2D eigenvalue weighted by atomic mass is 32.2. The molecule has 1 aromatic heterocycles. The second-order valence-electron chi connectivity index (χ2n) is 5.55. The van der Waals surface area contributed by atoms with Gasteiger partial charge in [0.2, 0.25) is 5.16 Å². The van der Waals surface area contributed by atoms with E-state index in [1.165, 1.54) is 32.1 Å². The summed E-state index contributed by atoms with van der Waals surface area (Å²) >= 11 is 1.78. The molecule has 0 radical (unpaired) electrons. The predicted octanol–water partition coefficient (Wildman–Crippen LogP) is 2.98. The van der Waals surface area contributed by atoms with E-state index in [9.17, 15) is 0 Å². The maximum Gasteiger partial charge on any atom is 0.209 e. The molecule has 1 heterocycles. The van der Waals surface area contributed by atoms with Crippen LogP contribution in [-0.4, -0.2) is 39.0 Å². The summed E-state index contributed by atoms with van der Waals surface area (Å²) in [6, 6.07) is 0. The predicted molar refractivity (Wildman–Crippen MR) is 85.0 cm³/mol. The van der Waals surface area contributed by atoms with Crippen molar-refractivity contribution in [2.75, 3.05) is 18.8 Å². The van der Waals surface area contributed by atoms with Crippen LogP contribution in [0.5, 0.6) is 0 Å². The van der Waals surface area contributed by atoms with Gasteiger partial charge in [0.05, 0.1) is 6.54 Å². The molecule has 0 unspecified atom stereocenters. The number of unbranched alkanes of at least 4 members (excludes halogenated alkanes) is 4. The van der Waals surface area contributed by atoms with E-state index in [2.05, 4.69) is 41.6 Å². The van der Waals surface area contributed by atoms with Gasteiger partial charge in [-0.05, 0) is 29.3 Å². The maximum absolute atomic E-state index is 4.10. The van der Waals surface area contributed by atoms with E-state index in [0.717, 1.165) is 30.5 Å². The van der Waals surface area contributed by atoms with Crippen molar-refractivity contribution >= 4 is 11.8 Å². The molecule has 1 N–H and O–H groups in total. The van der Waals surface area contributed by atoms with Crippen LogP contribution in [0.2, 0.25) is 0 Å². The number of hydrogen-bond donors (Lipinski definition) is 1. The average Bonchev–Trinajstić information content (AvgIpc) is 2.86. The first kappa shape index (κ1) is 17.4. The van der Waals surface area contributed by atoms with E-state index >= 15 is 0 Å². The summed E-state index contributed by atoms with van der Waals surface area (Å²) in [5, 5.41) is 16.3. The van der Waals surface area contributed by atoms with Gasteiger partial charge in [0.1, 0.15) is 0 Å². The molecular formula is C14H29N5S. The zero-order chi connectivity index (χ0) is 14.6. The van der Waals surface area contributed by atoms with Gasteiger partial charge in [0.25, 0.3) is 0 Å². The van der Waals surface area contributed by atoms with Crippen molar-refractivity contribution in [3.8, 4) is 0 Å². The minimum absolute atomic E-state index is 0.681. The Bertz CT molecular complexity index is 340. The first-order valence-corrected chi connectivity index (χ1v) is 8.82. The normalized spacial score (nSPS) is 11.4. The van der Waals surface area contributed by atoms with E-state index in [0.29, 0.717) is 5.92 Å². The third-order valence-corrected chi connectivity index (χ3v) is 4.07. The van der Waals surface area contributed by atoms with Gasteiger partial charge >= 0.3 is 0 Å². The van der Waals surface area contributed by atoms with Crippen LogP contribution >= 0.6 is 11.8 Å². The van der Waals surface area contributed by atoms with Crippen LogP contribution < -0.4 is 5.32 Å². The monoisotopic (exact) mass is 299 g/mol. The topological polar surface area (TPSA) is 55.6 Å². The molecule has 20 heavy (non-hydrogen) atoms. The van der Waals surface area contributed by atoms with Crippen molar-refractivity contribution in [1.82, 2.24) is 25.5 Å². The van der Waals surface area contributed by atoms with Crippen LogP contribution in [0.25, 0.3) is 0 Å². The zero-order valence-electron chi connectivity index (χ0n) is 13.1. The van der Waals surface area contributed by atoms with Crippen molar-refractivity contribution in [3.63, 3.8) is 0 Å². The third-order valence-electron chi connectivity index (χ3n) is 3.03. The van der Waals surface area contributed by atoms with Gasteiger partial charge in [-0.25, -0.2) is 4.68 Å². The molecule has 0 aliphatic rings. The minimum atomic E-state index is 0.681. The second kappa shape index (κ2) is 11.1. The standard InChI is InChI=1S/C14H29N5S/c1-4-5-6-7-8-11-20-14-16-17-18-19(14)10-9-15-12-13(2)3/h13,15H,4-12H2,1-3H3. The summed E-state index contributed by atoms with van der Waals surface area (Å²) in [4.78, 5) is 0. The van der Waals surface area contributed by atoms with Crippen molar-refractivity contribution < 1.29 is 0 Å².